The first-order chi connectivity index (χ1) is 15.5. The number of aromatic hydroxyl groups is 3. The van der Waals surface area contributed by atoms with Crippen molar-refractivity contribution in [2.75, 3.05) is 0 Å². The van der Waals surface area contributed by atoms with E-state index in [0.29, 0.717) is 11.5 Å². The lowest BCUT2D eigenvalue weighted by atomic mass is 10.0. The molecule has 0 unspecified atom stereocenters. The molecule has 0 spiro atoms. The second-order valence-corrected chi connectivity index (χ2v) is 7.89. The molecular formula is C28H26O4. The van der Waals surface area contributed by atoms with Crippen LogP contribution in [-0.4, -0.2) is 15.3 Å². The van der Waals surface area contributed by atoms with Crippen LogP contribution in [0.15, 0.2) is 91.0 Å². The SMILES string of the molecule is Oc1cccc(CCc2ccc(Oc3cc(CCc4cccc(O)c4)ccc3O)cc2)c1. The highest BCUT2D eigenvalue weighted by Gasteiger charge is 2.07. The molecule has 0 saturated heterocycles. The maximum absolute atomic E-state index is 10.2. The predicted molar refractivity (Wildman–Crippen MR) is 126 cm³/mol. The zero-order valence-electron chi connectivity index (χ0n) is 17.7. The Balaban J connectivity index is 1.37. The van der Waals surface area contributed by atoms with Crippen LogP contribution in [0.1, 0.15) is 22.3 Å². The van der Waals surface area contributed by atoms with Gasteiger partial charge < -0.3 is 20.1 Å². The molecule has 0 bridgehead atoms. The van der Waals surface area contributed by atoms with Gasteiger partial charge in [0.25, 0.3) is 0 Å². The molecule has 4 heteroatoms. The van der Waals surface area contributed by atoms with Crippen molar-refractivity contribution in [2.24, 2.45) is 0 Å². The first kappa shape index (κ1) is 21.3. The monoisotopic (exact) mass is 426 g/mol. The summed E-state index contributed by atoms with van der Waals surface area (Å²) in [4.78, 5) is 0. The first-order valence-corrected chi connectivity index (χ1v) is 10.7. The van der Waals surface area contributed by atoms with Crippen LogP contribution in [0.3, 0.4) is 0 Å². The molecule has 0 saturated carbocycles. The molecule has 0 aliphatic rings. The highest BCUT2D eigenvalue weighted by molar-refractivity contribution is 5.45. The third-order valence-electron chi connectivity index (χ3n) is 5.40. The minimum Gasteiger partial charge on any atom is -0.508 e. The molecule has 4 aromatic carbocycles. The molecule has 0 amide bonds. The molecule has 32 heavy (non-hydrogen) atoms. The number of phenolic OH excluding ortho intramolecular Hbond substituents is 3. The summed E-state index contributed by atoms with van der Waals surface area (Å²) in [6, 6.07) is 27.8. The highest BCUT2D eigenvalue weighted by Crippen LogP contribution is 2.32. The second kappa shape index (κ2) is 9.92. The number of aryl methyl sites for hydroxylation is 4. The van der Waals surface area contributed by atoms with Crippen molar-refractivity contribution in [3.63, 3.8) is 0 Å². The summed E-state index contributed by atoms with van der Waals surface area (Å²) in [5.41, 5.74) is 4.37. The molecule has 3 N–H and O–H groups in total. The molecular weight excluding hydrogens is 400 g/mol. The maximum Gasteiger partial charge on any atom is 0.169 e. The Morgan fingerprint density at radius 2 is 1.00 bits per heavy atom. The third-order valence-corrected chi connectivity index (χ3v) is 5.40. The molecule has 0 radical (unpaired) electrons. The lowest BCUT2D eigenvalue weighted by molar-refractivity contribution is 0.410. The van der Waals surface area contributed by atoms with E-state index >= 15 is 0 Å². The highest BCUT2D eigenvalue weighted by atomic mass is 16.5. The van der Waals surface area contributed by atoms with Gasteiger partial charge in [0, 0.05) is 0 Å². The second-order valence-electron chi connectivity index (χ2n) is 7.89. The summed E-state index contributed by atoms with van der Waals surface area (Å²) in [5, 5.41) is 29.4. The zero-order valence-corrected chi connectivity index (χ0v) is 17.7. The van der Waals surface area contributed by atoms with Crippen LogP contribution in [0.4, 0.5) is 0 Å². The average molecular weight is 427 g/mol. The Hall–Kier alpha value is -3.92. The van der Waals surface area contributed by atoms with Gasteiger partial charge in [-0.3, -0.25) is 0 Å². The molecule has 0 heterocycles. The minimum atomic E-state index is 0.0964. The van der Waals surface area contributed by atoms with Crippen LogP contribution in [0.25, 0.3) is 0 Å². The number of rotatable bonds is 8. The molecule has 0 fully saturated rings. The van der Waals surface area contributed by atoms with Gasteiger partial charge in [0.15, 0.2) is 11.5 Å². The Labute approximate surface area is 188 Å². The molecule has 4 aromatic rings. The van der Waals surface area contributed by atoms with E-state index in [0.717, 1.165) is 42.4 Å². The number of hydrogen-bond acceptors (Lipinski definition) is 4. The van der Waals surface area contributed by atoms with Crippen LogP contribution in [0.5, 0.6) is 28.7 Å². The van der Waals surface area contributed by atoms with Gasteiger partial charge in [0.05, 0.1) is 0 Å². The van der Waals surface area contributed by atoms with Gasteiger partial charge in [-0.1, -0.05) is 42.5 Å². The van der Waals surface area contributed by atoms with E-state index in [-0.39, 0.29) is 17.2 Å². The van der Waals surface area contributed by atoms with Crippen molar-refractivity contribution in [1.29, 1.82) is 0 Å². The summed E-state index contributed by atoms with van der Waals surface area (Å²) in [5.74, 6) is 1.73. The van der Waals surface area contributed by atoms with Crippen molar-refractivity contribution in [2.45, 2.75) is 25.7 Å². The van der Waals surface area contributed by atoms with E-state index in [9.17, 15) is 15.3 Å². The normalized spacial score (nSPS) is 10.8. The standard InChI is InChI=1S/C28H26O4/c29-24-5-1-3-21(17-24)8-7-20-11-14-26(15-12-20)32-28-19-23(13-16-27(28)31)10-9-22-4-2-6-25(30)18-22/h1-6,11-19,29-31H,7-10H2. The van der Waals surface area contributed by atoms with E-state index in [2.05, 4.69) is 0 Å². The van der Waals surface area contributed by atoms with E-state index in [1.165, 1.54) is 5.56 Å². The molecule has 4 nitrogen and oxygen atoms in total. The van der Waals surface area contributed by atoms with Gasteiger partial charge in [-0.05, 0) is 96.5 Å². The van der Waals surface area contributed by atoms with Gasteiger partial charge in [-0.2, -0.15) is 0 Å². The van der Waals surface area contributed by atoms with Gasteiger partial charge in [-0.15, -0.1) is 0 Å². The lowest BCUT2D eigenvalue weighted by Gasteiger charge is -2.11. The van der Waals surface area contributed by atoms with Crippen molar-refractivity contribution < 1.29 is 20.1 Å². The molecule has 162 valence electrons. The summed E-state index contributed by atoms with van der Waals surface area (Å²) in [6.07, 6.45) is 3.26. The van der Waals surface area contributed by atoms with Crippen molar-refractivity contribution >= 4 is 0 Å². The Morgan fingerprint density at radius 3 is 1.56 bits per heavy atom. The fourth-order valence-electron chi connectivity index (χ4n) is 3.65. The summed E-state index contributed by atoms with van der Waals surface area (Å²) < 4.78 is 5.93. The molecule has 4 rings (SSSR count). The number of ether oxygens (including phenoxy) is 1. The fourth-order valence-corrected chi connectivity index (χ4v) is 3.65. The lowest BCUT2D eigenvalue weighted by Crippen LogP contribution is -1.94. The van der Waals surface area contributed by atoms with Gasteiger partial charge in [-0.25, -0.2) is 0 Å². The van der Waals surface area contributed by atoms with Gasteiger partial charge in [0.2, 0.25) is 0 Å². The quantitative estimate of drug-likeness (QED) is 0.315. The summed E-state index contributed by atoms with van der Waals surface area (Å²) >= 11 is 0. The predicted octanol–water partition coefficient (Wildman–Crippen LogP) is 6.17. The van der Waals surface area contributed by atoms with Gasteiger partial charge >= 0.3 is 0 Å². The Kier molecular flexibility index (Phi) is 6.61. The van der Waals surface area contributed by atoms with E-state index in [1.54, 1.807) is 30.3 Å². The molecule has 0 atom stereocenters. The number of benzene rings is 4. The van der Waals surface area contributed by atoms with Crippen LogP contribution in [0, 0.1) is 0 Å². The van der Waals surface area contributed by atoms with Crippen LogP contribution >= 0.6 is 0 Å². The van der Waals surface area contributed by atoms with E-state index in [1.807, 2.05) is 60.7 Å². The molecule has 0 aliphatic carbocycles. The number of phenols is 3. The Morgan fingerprint density at radius 1 is 0.500 bits per heavy atom. The largest absolute Gasteiger partial charge is 0.508 e. The molecule has 0 aliphatic heterocycles. The smallest absolute Gasteiger partial charge is 0.169 e. The van der Waals surface area contributed by atoms with Crippen LogP contribution < -0.4 is 4.74 Å². The Bertz CT molecular complexity index is 1180. The topological polar surface area (TPSA) is 69.9 Å². The minimum absolute atomic E-state index is 0.0964. The van der Waals surface area contributed by atoms with Gasteiger partial charge in [0.1, 0.15) is 17.2 Å². The van der Waals surface area contributed by atoms with Crippen LogP contribution in [-0.2, 0) is 25.7 Å². The maximum atomic E-state index is 10.2. The first-order valence-electron chi connectivity index (χ1n) is 10.7. The van der Waals surface area contributed by atoms with Crippen molar-refractivity contribution in [1.82, 2.24) is 0 Å². The summed E-state index contributed by atoms with van der Waals surface area (Å²) in [7, 11) is 0. The van der Waals surface area contributed by atoms with Crippen molar-refractivity contribution in [3.8, 4) is 28.7 Å². The zero-order chi connectivity index (χ0) is 22.3. The third kappa shape index (κ3) is 5.82. The fraction of sp³-hybridized carbons (Fsp3) is 0.143. The molecule has 0 aromatic heterocycles. The van der Waals surface area contributed by atoms with E-state index < -0.39 is 0 Å². The summed E-state index contributed by atoms with van der Waals surface area (Å²) in [6.45, 7) is 0. The van der Waals surface area contributed by atoms with Crippen molar-refractivity contribution in [3.05, 3.63) is 113 Å². The van der Waals surface area contributed by atoms with Crippen LogP contribution in [0.2, 0.25) is 0 Å². The van der Waals surface area contributed by atoms with E-state index in [4.69, 9.17) is 4.74 Å². The average Bonchev–Trinajstić information content (AvgIpc) is 2.79. The number of hydrogen-bond donors (Lipinski definition) is 3.